The average molecular weight is 302 g/mol. The first kappa shape index (κ1) is 14.5. The number of para-hydroxylation sites is 1. The molecule has 0 N–H and O–H groups in total. The van der Waals surface area contributed by atoms with Crippen LogP contribution >= 0.6 is 0 Å². The van der Waals surface area contributed by atoms with Gasteiger partial charge in [0.25, 0.3) is 0 Å². The van der Waals surface area contributed by atoms with Gasteiger partial charge in [0.2, 0.25) is 0 Å². The van der Waals surface area contributed by atoms with Crippen LogP contribution in [0.5, 0.6) is 0 Å². The maximum atomic E-state index is 6.25. The number of nitrogens with zero attached hydrogens (tertiary/aromatic N) is 2. The Hall–Kier alpha value is -1.10. The molecule has 1 aromatic rings. The van der Waals surface area contributed by atoms with Crippen LogP contribution in [0.15, 0.2) is 30.3 Å². The lowest BCUT2D eigenvalue weighted by atomic mass is 10.2. The van der Waals surface area contributed by atoms with E-state index in [0.29, 0.717) is 0 Å². The Morgan fingerprint density at radius 3 is 2.45 bits per heavy atom. The Kier molecular flexibility index (Phi) is 4.07. The molecule has 4 heteroatoms. The Balaban J connectivity index is 1.26. The summed E-state index contributed by atoms with van der Waals surface area (Å²) in [6.45, 7) is 6.22. The molecule has 0 aromatic heterocycles. The lowest BCUT2D eigenvalue weighted by Gasteiger charge is -2.37. The van der Waals surface area contributed by atoms with Crippen LogP contribution in [0, 0.1) is 0 Å². The third-order valence-electron chi connectivity index (χ3n) is 5.23. The smallest absolute Gasteiger partial charge is 0.168 e. The fourth-order valence-corrected chi connectivity index (χ4v) is 4.00. The Morgan fingerprint density at radius 1 is 1.00 bits per heavy atom. The monoisotopic (exact) mass is 302 g/mol. The Bertz CT molecular complexity index is 479. The zero-order valence-corrected chi connectivity index (χ0v) is 13.2. The highest BCUT2D eigenvalue weighted by Crippen LogP contribution is 2.39. The molecule has 0 bridgehead atoms. The molecule has 2 saturated heterocycles. The SMILES string of the molecule is c1ccc(N2CCN(C[C@H]3COC4(CCCC4)O3)CC2)cc1. The van der Waals surface area contributed by atoms with Crippen molar-refractivity contribution in [3.8, 4) is 0 Å². The summed E-state index contributed by atoms with van der Waals surface area (Å²) >= 11 is 0. The summed E-state index contributed by atoms with van der Waals surface area (Å²) in [6.07, 6.45) is 4.95. The van der Waals surface area contributed by atoms with Gasteiger partial charge in [-0.15, -0.1) is 0 Å². The van der Waals surface area contributed by atoms with E-state index in [1.807, 2.05) is 0 Å². The van der Waals surface area contributed by atoms with E-state index < -0.39 is 0 Å². The molecular formula is C18H26N2O2. The summed E-state index contributed by atoms with van der Waals surface area (Å²) in [7, 11) is 0. The first-order chi connectivity index (χ1) is 10.8. The summed E-state index contributed by atoms with van der Waals surface area (Å²) in [5, 5.41) is 0. The third kappa shape index (κ3) is 3.00. The van der Waals surface area contributed by atoms with Crippen molar-refractivity contribution in [2.24, 2.45) is 0 Å². The molecule has 4 rings (SSSR count). The molecule has 0 unspecified atom stereocenters. The molecule has 4 nitrogen and oxygen atoms in total. The van der Waals surface area contributed by atoms with E-state index in [2.05, 4.69) is 40.1 Å². The number of benzene rings is 1. The molecule has 22 heavy (non-hydrogen) atoms. The van der Waals surface area contributed by atoms with Gasteiger partial charge in [-0.25, -0.2) is 0 Å². The topological polar surface area (TPSA) is 24.9 Å². The first-order valence-electron chi connectivity index (χ1n) is 8.67. The van der Waals surface area contributed by atoms with Gasteiger partial charge in [-0.2, -0.15) is 0 Å². The van der Waals surface area contributed by atoms with Gasteiger partial charge in [-0.05, 0) is 25.0 Å². The van der Waals surface area contributed by atoms with Crippen LogP contribution in [0.4, 0.5) is 5.69 Å². The minimum atomic E-state index is -0.212. The third-order valence-corrected chi connectivity index (χ3v) is 5.23. The average Bonchev–Trinajstić information content (AvgIpc) is 3.19. The van der Waals surface area contributed by atoms with Crippen LogP contribution in [0.1, 0.15) is 25.7 Å². The van der Waals surface area contributed by atoms with E-state index in [1.54, 1.807) is 0 Å². The summed E-state index contributed by atoms with van der Waals surface area (Å²) in [5.41, 5.74) is 1.34. The van der Waals surface area contributed by atoms with Crippen molar-refractivity contribution in [3.05, 3.63) is 30.3 Å². The van der Waals surface area contributed by atoms with Crippen molar-refractivity contribution in [2.75, 3.05) is 44.2 Å². The van der Waals surface area contributed by atoms with Gasteiger partial charge >= 0.3 is 0 Å². The fraction of sp³-hybridized carbons (Fsp3) is 0.667. The second-order valence-corrected chi connectivity index (χ2v) is 6.79. The molecule has 1 aliphatic carbocycles. The summed E-state index contributed by atoms with van der Waals surface area (Å²) in [5.74, 6) is -0.212. The largest absolute Gasteiger partial charge is 0.369 e. The van der Waals surface area contributed by atoms with E-state index in [0.717, 1.165) is 52.2 Å². The highest BCUT2D eigenvalue weighted by atomic mass is 16.7. The van der Waals surface area contributed by atoms with Crippen molar-refractivity contribution in [1.29, 1.82) is 0 Å². The van der Waals surface area contributed by atoms with Crippen molar-refractivity contribution in [2.45, 2.75) is 37.6 Å². The molecule has 3 fully saturated rings. The minimum Gasteiger partial charge on any atom is -0.369 e. The van der Waals surface area contributed by atoms with Crippen molar-refractivity contribution in [3.63, 3.8) is 0 Å². The van der Waals surface area contributed by atoms with Gasteiger partial charge in [0.1, 0.15) is 0 Å². The van der Waals surface area contributed by atoms with Crippen LogP contribution in [-0.2, 0) is 9.47 Å². The normalized spacial score (nSPS) is 28.5. The zero-order valence-electron chi connectivity index (χ0n) is 13.2. The standard InChI is InChI=1S/C18H26N2O2/c1-2-6-16(7-3-1)20-12-10-19(11-13-20)14-17-15-21-18(22-17)8-4-5-9-18/h1-3,6-7,17H,4-5,8-15H2/t17-/m0/s1. The second kappa shape index (κ2) is 6.19. The molecule has 120 valence electrons. The van der Waals surface area contributed by atoms with E-state index in [-0.39, 0.29) is 11.9 Å². The van der Waals surface area contributed by atoms with Gasteiger partial charge < -0.3 is 14.4 Å². The summed E-state index contributed by atoms with van der Waals surface area (Å²) in [4.78, 5) is 5.00. The molecule has 1 spiro atoms. The number of piperazine rings is 1. The van der Waals surface area contributed by atoms with Crippen molar-refractivity contribution < 1.29 is 9.47 Å². The number of rotatable bonds is 3. The van der Waals surface area contributed by atoms with E-state index >= 15 is 0 Å². The van der Waals surface area contributed by atoms with Gasteiger partial charge in [0, 0.05) is 51.3 Å². The number of ether oxygens (including phenoxy) is 2. The summed E-state index contributed by atoms with van der Waals surface area (Å²) < 4.78 is 12.2. The first-order valence-corrected chi connectivity index (χ1v) is 8.67. The molecule has 2 aliphatic heterocycles. The molecule has 1 aromatic carbocycles. The predicted molar refractivity (Wildman–Crippen MR) is 87.1 cm³/mol. The van der Waals surface area contributed by atoms with Gasteiger partial charge in [-0.1, -0.05) is 18.2 Å². The highest BCUT2D eigenvalue weighted by molar-refractivity contribution is 5.46. The fourth-order valence-electron chi connectivity index (χ4n) is 4.00. The van der Waals surface area contributed by atoms with Crippen LogP contribution in [0.3, 0.4) is 0 Å². The van der Waals surface area contributed by atoms with E-state index in [9.17, 15) is 0 Å². The van der Waals surface area contributed by atoms with Crippen molar-refractivity contribution in [1.82, 2.24) is 4.90 Å². The molecule has 1 saturated carbocycles. The Morgan fingerprint density at radius 2 is 1.73 bits per heavy atom. The van der Waals surface area contributed by atoms with Crippen LogP contribution in [0.2, 0.25) is 0 Å². The van der Waals surface area contributed by atoms with Crippen LogP contribution in [0.25, 0.3) is 0 Å². The predicted octanol–water partition coefficient (Wildman–Crippen LogP) is 2.49. The minimum absolute atomic E-state index is 0.212. The zero-order chi connectivity index (χ0) is 14.8. The molecular weight excluding hydrogens is 276 g/mol. The van der Waals surface area contributed by atoms with Gasteiger partial charge in [-0.3, -0.25) is 4.90 Å². The van der Waals surface area contributed by atoms with Crippen LogP contribution in [-0.4, -0.2) is 56.1 Å². The number of anilines is 1. The number of hydrogen-bond acceptors (Lipinski definition) is 4. The Labute approximate surface area is 133 Å². The lowest BCUT2D eigenvalue weighted by Crippen LogP contribution is -2.49. The quantitative estimate of drug-likeness (QED) is 0.856. The number of hydrogen-bond donors (Lipinski definition) is 0. The molecule has 0 amide bonds. The maximum Gasteiger partial charge on any atom is 0.168 e. The molecule has 1 atom stereocenters. The molecule has 3 aliphatic rings. The van der Waals surface area contributed by atoms with Gasteiger partial charge in [0.05, 0.1) is 12.7 Å². The highest BCUT2D eigenvalue weighted by Gasteiger charge is 2.44. The van der Waals surface area contributed by atoms with E-state index in [4.69, 9.17) is 9.47 Å². The maximum absolute atomic E-state index is 6.25. The lowest BCUT2D eigenvalue weighted by molar-refractivity contribution is -0.163. The molecule has 0 radical (unpaired) electrons. The van der Waals surface area contributed by atoms with Gasteiger partial charge in [0.15, 0.2) is 5.79 Å². The van der Waals surface area contributed by atoms with E-state index in [1.165, 1.54) is 18.5 Å². The van der Waals surface area contributed by atoms with Crippen LogP contribution < -0.4 is 4.90 Å². The second-order valence-electron chi connectivity index (χ2n) is 6.79. The summed E-state index contributed by atoms with van der Waals surface area (Å²) in [6, 6.07) is 10.7. The molecule has 2 heterocycles. The van der Waals surface area contributed by atoms with Crippen molar-refractivity contribution >= 4 is 5.69 Å².